The summed E-state index contributed by atoms with van der Waals surface area (Å²) < 4.78 is 71.0. The third kappa shape index (κ3) is 15.0. The van der Waals surface area contributed by atoms with Gasteiger partial charge in [-0.1, -0.05) is 101 Å². The third-order valence-corrected chi connectivity index (χ3v) is 21.8. The lowest BCUT2D eigenvalue weighted by Crippen LogP contribution is -2.42. The molecule has 4 aliphatic carbocycles. The number of nitrogens with two attached hydrogens (primary N) is 1. The molecule has 4 N–H and O–H groups in total. The van der Waals surface area contributed by atoms with Crippen LogP contribution in [0.2, 0.25) is 0 Å². The van der Waals surface area contributed by atoms with Crippen molar-refractivity contribution in [2.75, 3.05) is 67.6 Å². The maximum absolute atomic E-state index is 13.5. The number of carbonyl (C=O) groups is 4. The Labute approximate surface area is 525 Å². The minimum absolute atomic E-state index is 0.0766. The second kappa shape index (κ2) is 29.0. The van der Waals surface area contributed by atoms with Gasteiger partial charge in [-0.25, -0.2) is 14.7 Å². The fourth-order valence-corrected chi connectivity index (χ4v) is 15.6. The van der Waals surface area contributed by atoms with Gasteiger partial charge in [-0.15, -0.1) is 0 Å². The van der Waals surface area contributed by atoms with Crippen molar-refractivity contribution in [3.05, 3.63) is 107 Å². The minimum atomic E-state index is -4.04. The van der Waals surface area contributed by atoms with Crippen LogP contribution in [0.5, 0.6) is 11.5 Å². The highest BCUT2D eigenvalue weighted by molar-refractivity contribution is 7.87. The molecule has 0 spiro atoms. The Kier molecular flexibility index (Phi) is 21.2. The fraction of sp³-hybridized carbons (Fsp3) is 0.529. The van der Waals surface area contributed by atoms with Gasteiger partial charge in [-0.3, -0.25) is 14.4 Å². The first kappa shape index (κ1) is 65.2. The summed E-state index contributed by atoms with van der Waals surface area (Å²) in [5.74, 6) is 0.174. The molecule has 1 aliphatic heterocycles. The van der Waals surface area contributed by atoms with Gasteiger partial charge in [0.25, 0.3) is 27.9 Å². The molecule has 3 bridgehead atoms. The van der Waals surface area contributed by atoms with E-state index in [1.54, 1.807) is 36.0 Å². The Hall–Kier alpha value is -6.78. The molecular formula is C68H90N8O11S2. The number of hydrogen-bond acceptors (Lipinski definition) is 10. The molecule has 3 heterocycles. The van der Waals surface area contributed by atoms with Crippen molar-refractivity contribution in [3.8, 4) is 34.0 Å². The molecule has 4 saturated carbocycles. The Bertz CT molecular complexity index is 3740. The lowest BCUT2D eigenvalue weighted by Gasteiger charge is -2.26. The van der Waals surface area contributed by atoms with Crippen LogP contribution in [-0.2, 0) is 30.0 Å². The van der Waals surface area contributed by atoms with E-state index in [1.807, 2.05) is 60.7 Å². The minimum Gasteiger partial charge on any atom is -0.483 e. The van der Waals surface area contributed by atoms with Crippen LogP contribution in [0.25, 0.3) is 44.3 Å². The predicted molar refractivity (Wildman–Crippen MR) is 348 cm³/mol. The summed E-state index contributed by atoms with van der Waals surface area (Å²) in [4.78, 5) is 55.0. The summed E-state index contributed by atoms with van der Waals surface area (Å²) in [5.41, 5.74) is 9.18. The maximum atomic E-state index is 13.5. The van der Waals surface area contributed by atoms with Crippen molar-refractivity contribution in [2.24, 2.45) is 5.14 Å². The molecule has 11 rings (SSSR count). The number of nitrogens with one attached hydrogen (secondary N) is 1. The first-order valence-corrected chi connectivity index (χ1v) is 35.3. The van der Waals surface area contributed by atoms with Gasteiger partial charge in [-0.05, 0) is 149 Å². The highest BCUT2D eigenvalue weighted by Crippen LogP contribution is 2.51. The lowest BCUT2D eigenvalue weighted by atomic mass is 9.81. The van der Waals surface area contributed by atoms with Crippen molar-refractivity contribution < 1.29 is 50.6 Å². The maximum Gasteiger partial charge on any atom is 0.335 e. The molecule has 0 unspecified atom stereocenters. The molecule has 0 saturated heterocycles. The molecule has 2 aromatic heterocycles. The number of hydrogen-bond donors (Lipinski definition) is 3. The van der Waals surface area contributed by atoms with Crippen LogP contribution >= 0.6 is 0 Å². The van der Waals surface area contributed by atoms with E-state index in [2.05, 4.69) is 26.0 Å². The Morgan fingerprint density at radius 2 is 1.20 bits per heavy atom. The number of benzene rings is 4. The van der Waals surface area contributed by atoms with Crippen LogP contribution in [0.1, 0.15) is 197 Å². The van der Waals surface area contributed by atoms with Gasteiger partial charge in [0.05, 0.1) is 17.0 Å². The van der Waals surface area contributed by atoms with Crippen molar-refractivity contribution in [3.63, 3.8) is 0 Å². The van der Waals surface area contributed by atoms with Crippen LogP contribution in [0.4, 0.5) is 0 Å². The van der Waals surface area contributed by atoms with Gasteiger partial charge in [-0.2, -0.15) is 25.4 Å². The number of ether oxygens (including phenoxy) is 2. The fourth-order valence-electron chi connectivity index (χ4n) is 14.4. The van der Waals surface area contributed by atoms with E-state index in [1.165, 1.54) is 68.1 Å². The van der Waals surface area contributed by atoms with Crippen LogP contribution in [-0.4, -0.2) is 141 Å². The molecule has 3 amide bonds. The van der Waals surface area contributed by atoms with Crippen molar-refractivity contribution in [1.29, 1.82) is 0 Å². The largest absolute Gasteiger partial charge is 0.483 e. The zero-order valence-corrected chi connectivity index (χ0v) is 53.9. The molecule has 4 aromatic carbocycles. The summed E-state index contributed by atoms with van der Waals surface area (Å²) in [7, 11) is -1.38. The summed E-state index contributed by atoms with van der Waals surface area (Å²) in [5, 5.41) is 17.3. The normalized spacial score (nSPS) is 19.0. The summed E-state index contributed by atoms with van der Waals surface area (Å²) in [6, 6.07) is 27.6. The van der Waals surface area contributed by atoms with Gasteiger partial charge in [0, 0.05) is 105 Å². The van der Waals surface area contributed by atoms with Crippen molar-refractivity contribution >= 4 is 65.9 Å². The van der Waals surface area contributed by atoms with E-state index < -0.39 is 32.3 Å². The van der Waals surface area contributed by atoms with Gasteiger partial charge >= 0.3 is 16.2 Å². The topological polar surface area (TPSA) is 236 Å². The number of aromatic carboxylic acids is 1. The van der Waals surface area contributed by atoms with Crippen LogP contribution in [0.15, 0.2) is 84.9 Å². The molecular weight excluding hydrogens is 1170 g/mol. The number of carboxylic acids is 1. The highest BCUT2D eigenvalue weighted by Gasteiger charge is 2.35. The Morgan fingerprint density at radius 1 is 0.674 bits per heavy atom. The number of nitrogens with zero attached hydrogens (tertiary/aromatic N) is 6. The van der Waals surface area contributed by atoms with Gasteiger partial charge < -0.3 is 33.5 Å². The first-order valence-electron chi connectivity index (χ1n) is 32.3. The molecule has 0 radical (unpaired) electrons. The van der Waals surface area contributed by atoms with E-state index in [9.17, 15) is 41.1 Å². The molecule has 480 valence electrons. The number of rotatable bonds is 15. The predicted octanol–water partition coefficient (Wildman–Crippen LogP) is 11.9. The number of likely N-dealkylation sites (N-methyl/N-ethyl adjacent to an activating group) is 2. The second-order valence-corrected chi connectivity index (χ2v) is 28.7. The van der Waals surface area contributed by atoms with E-state index in [0.717, 1.165) is 126 Å². The van der Waals surface area contributed by atoms with Crippen LogP contribution in [0.3, 0.4) is 0 Å². The monoisotopic (exact) mass is 1260 g/mol. The van der Waals surface area contributed by atoms with Gasteiger partial charge in [0.15, 0.2) is 13.2 Å². The average Bonchev–Trinajstić information content (AvgIpc) is 1.59. The molecule has 4 fully saturated rings. The Morgan fingerprint density at radius 3 is 1.81 bits per heavy atom. The number of para-hydroxylation sites is 2. The van der Waals surface area contributed by atoms with Crippen molar-refractivity contribution in [1.82, 2.24) is 32.3 Å². The number of fused-ring (bicyclic) bond motifs is 5. The van der Waals surface area contributed by atoms with Crippen LogP contribution < -0.4 is 19.3 Å². The first-order chi connectivity index (χ1) is 42.8. The van der Waals surface area contributed by atoms with Crippen LogP contribution in [0, 0.1) is 0 Å². The molecule has 89 heavy (non-hydrogen) atoms. The third-order valence-electron chi connectivity index (χ3n) is 19.3. The summed E-state index contributed by atoms with van der Waals surface area (Å²) in [6.07, 6.45) is 22.6. The molecule has 0 atom stereocenters. The number of amides is 3. The molecule has 19 nitrogen and oxygen atoms in total. The van der Waals surface area contributed by atoms with Gasteiger partial charge in [0.1, 0.15) is 11.5 Å². The summed E-state index contributed by atoms with van der Waals surface area (Å²) in [6.45, 7) is 1.26. The SMILES string of the molecule is CN(CCCCN(C)S(N)(=O)=O)C(=O)COc1ccccc1-c1c(C2CCCCC2)c2ccc(C(=O)O)cc2n1C1CCCC1.CN1CCCCN(C)S(=O)(=O)NC(=O)c2ccc3c(C4CCCCC4)c(n(C4CCCC4)c3c2)-c2ccccc2OCC1=O. The standard InChI is InChI=1S/C34H46N4O6S.C34H44N4O5S/c1-36(20-10-11-21-37(2)45(35,42)43)31(39)23-44-30-17-9-8-16-28(30)33-32(24-12-4-3-5-13-24)27-19-18-25(34(40)41)22-29(27)38(33)26-14-6-7-15-26;1-36-20-10-11-21-37(2)44(41,42)35-34(40)25-18-19-27-29(22-25)38(26-14-6-7-15-26)33(32(27)24-12-4-3-5-13-24)28-16-8-9-17-30(28)43-23-31(36)39/h8-9,16-19,22,24,26H,3-7,10-15,20-21,23H2,1-2H3,(H,40,41)(H2,35,42,43);8-9,16-19,22,24,26H,3-7,10-15,20-21,23H2,1-2H3,(H,35,40). The van der Waals surface area contributed by atoms with Gasteiger partial charge in [0.2, 0.25) is 0 Å². The van der Waals surface area contributed by atoms with E-state index >= 15 is 0 Å². The number of unbranched alkanes of at least 4 members (excludes halogenated alkanes) is 1. The van der Waals surface area contributed by atoms with E-state index in [-0.39, 0.29) is 55.8 Å². The lowest BCUT2D eigenvalue weighted by molar-refractivity contribution is -0.132. The van der Waals surface area contributed by atoms with E-state index in [0.29, 0.717) is 67.7 Å². The second-order valence-electron chi connectivity index (χ2n) is 25.3. The quantitative estimate of drug-likeness (QED) is 0.0818. The van der Waals surface area contributed by atoms with Crippen molar-refractivity contribution in [2.45, 2.75) is 165 Å². The Balaban J connectivity index is 0.000000196. The number of carbonyl (C=O) groups excluding carboxylic acids is 3. The summed E-state index contributed by atoms with van der Waals surface area (Å²) >= 11 is 0. The highest BCUT2D eigenvalue weighted by atomic mass is 32.2. The zero-order chi connectivity index (χ0) is 63.0. The zero-order valence-electron chi connectivity index (χ0n) is 52.3. The molecule has 6 aromatic rings. The smallest absolute Gasteiger partial charge is 0.335 e. The number of carboxylic acid groups (broad SMARTS) is 1. The molecule has 21 heteroatoms. The average molecular weight is 1260 g/mol. The number of aromatic nitrogens is 2. The van der Waals surface area contributed by atoms with E-state index in [4.69, 9.17) is 14.6 Å². The molecule has 5 aliphatic rings.